The summed E-state index contributed by atoms with van der Waals surface area (Å²) in [6, 6.07) is 0.740. The van der Waals surface area contributed by atoms with Crippen molar-refractivity contribution in [2.24, 2.45) is 11.1 Å². The van der Waals surface area contributed by atoms with Crippen molar-refractivity contribution in [1.29, 1.82) is 0 Å². The average Bonchev–Trinajstić information content (AvgIpc) is 2.96. The normalized spacial score (nSPS) is 19.3. The van der Waals surface area contributed by atoms with Crippen LogP contribution in [0.5, 0.6) is 0 Å². The number of oxazole rings is 1. The number of aromatic nitrogens is 1. The lowest BCUT2D eigenvalue weighted by Gasteiger charge is -2.25. The van der Waals surface area contributed by atoms with E-state index in [2.05, 4.69) is 23.7 Å². The lowest BCUT2D eigenvalue weighted by atomic mass is 9.82. The molecule has 0 radical (unpaired) electrons. The van der Waals surface area contributed by atoms with E-state index in [9.17, 15) is 0 Å². The van der Waals surface area contributed by atoms with E-state index in [1.807, 2.05) is 0 Å². The van der Waals surface area contributed by atoms with Gasteiger partial charge in [0, 0.05) is 19.6 Å². The van der Waals surface area contributed by atoms with E-state index in [4.69, 9.17) is 10.2 Å². The van der Waals surface area contributed by atoms with Gasteiger partial charge in [-0.05, 0) is 24.7 Å². The molecule has 2 rings (SSSR count). The first-order chi connectivity index (χ1) is 7.73. The van der Waals surface area contributed by atoms with Gasteiger partial charge in [0.1, 0.15) is 6.26 Å². The predicted octanol–water partition coefficient (Wildman–Crippen LogP) is 2.15. The number of hydrogen-bond donors (Lipinski definition) is 1. The number of rotatable bonds is 4. The second-order valence-electron chi connectivity index (χ2n) is 4.70. The molecule has 0 aromatic carbocycles. The van der Waals surface area contributed by atoms with Gasteiger partial charge in [-0.2, -0.15) is 4.98 Å². The number of nitrogens with two attached hydrogens (primary N) is 1. The summed E-state index contributed by atoms with van der Waals surface area (Å²) < 4.78 is 5.46. The minimum absolute atomic E-state index is 0.448. The van der Waals surface area contributed by atoms with Crippen LogP contribution in [0.25, 0.3) is 0 Å². The topological polar surface area (TPSA) is 55.3 Å². The maximum Gasteiger partial charge on any atom is 0.297 e. The zero-order chi connectivity index (χ0) is 11.6. The Hall–Kier alpha value is -1.03. The predicted molar refractivity (Wildman–Crippen MR) is 64.2 cm³/mol. The molecule has 16 heavy (non-hydrogen) atoms. The Morgan fingerprint density at radius 2 is 2.25 bits per heavy atom. The molecule has 90 valence electrons. The Morgan fingerprint density at radius 3 is 2.75 bits per heavy atom. The van der Waals surface area contributed by atoms with E-state index in [0.717, 1.165) is 24.8 Å². The molecule has 0 unspecified atom stereocenters. The Balaban J connectivity index is 2.08. The summed E-state index contributed by atoms with van der Waals surface area (Å²) in [7, 11) is 0. The largest absolute Gasteiger partial charge is 0.432 e. The van der Waals surface area contributed by atoms with Crippen LogP contribution in [0.3, 0.4) is 0 Å². The van der Waals surface area contributed by atoms with Crippen LogP contribution >= 0.6 is 0 Å². The zero-order valence-corrected chi connectivity index (χ0v) is 10.2. The van der Waals surface area contributed by atoms with Crippen molar-refractivity contribution in [2.45, 2.75) is 39.7 Å². The molecule has 0 amide bonds. The van der Waals surface area contributed by atoms with Crippen LogP contribution in [-0.4, -0.2) is 18.1 Å². The first-order valence-electron chi connectivity index (χ1n) is 6.12. The number of nitrogens with zero attached hydrogens (tertiary/aromatic N) is 2. The van der Waals surface area contributed by atoms with E-state index in [-0.39, 0.29) is 0 Å². The van der Waals surface area contributed by atoms with Gasteiger partial charge in [0.05, 0.1) is 5.69 Å². The molecule has 1 aliphatic heterocycles. The molecule has 1 aliphatic rings. The van der Waals surface area contributed by atoms with Crippen molar-refractivity contribution < 1.29 is 4.42 Å². The van der Waals surface area contributed by atoms with Crippen molar-refractivity contribution in [2.75, 3.05) is 18.0 Å². The van der Waals surface area contributed by atoms with E-state index in [1.54, 1.807) is 6.26 Å². The minimum Gasteiger partial charge on any atom is -0.432 e. The SMILES string of the molecule is CCC1(CC)CCN(c2nc(CN)co2)C1. The Kier molecular flexibility index (Phi) is 3.19. The third-order valence-electron chi connectivity index (χ3n) is 3.96. The van der Waals surface area contributed by atoms with Gasteiger partial charge >= 0.3 is 0 Å². The van der Waals surface area contributed by atoms with Crippen LogP contribution in [-0.2, 0) is 6.54 Å². The molecule has 4 nitrogen and oxygen atoms in total. The van der Waals surface area contributed by atoms with Gasteiger partial charge in [0.2, 0.25) is 0 Å². The first-order valence-corrected chi connectivity index (χ1v) is 6.12. The van der Waals surface area contributed by atoms with Crippen molar-refractivity contribution in [3.63, 3.8) is 0 Å². The molecule has 1 saturated heterocycles. The van der Waals surface area contributed by atoms with Crippen molar-refractivity contribution in [3.05, 3.63) is 12.0 Å². The van der Waals surface area contributed by atoms with Crippen LogP contribution in [0.1, 0.15) is 38.8 Å². The maximum absolute atomic E-state index is 5.53. The van der Waals surface area contributed by atoms with Crippen LogP contribution in [0.2, 0.25) is 0 Å². The summed E-state index contributed by atoms with van der Waals surface area (Å²) in [5.74, 6) is 0. The highest BCUT2D eigenvalue weighted by Crippen LogP contribution is 2.38. The molecule has 0 aliphatic carbocycles. The quantitative estimate of drug-likeness (QED) is 0.849. The Morgan fingerprint density at radius 1 is 1.50 bits per heavy atom. The fourth-order valence-electron chi connectivity index (χ4n) is 2.46. The van der Waals surface area contributed by atoms with Crippen molar-refractivity contribution in [1.82, 2.24) is 4.98 Å². The molecular weight excluding hydrogens is 202 g/mol. The van der Waals surface area contributed by atoms with Crippen molar-refractivity contribution in [3.8, 4) is 0 Å². The molecular formula is C12H21N3O. The molecule has 0 spiro atoms. The summed E-state index contributed by atoms with van der Waals surface area (Å²) in [6.07, 6.45) is 5.35. The molecule has 0 bridgehead atoms. The maximum atomic E-state index is 5.53. The molecule has 1 aromatic heterocycles. The van der Waals surface area contributed by atoms with Crippen LogP contribution < -0.4 is 10.6 Å². The van der Waals surface area contributed by atoms with Gasteiger partial charge in [-0.25, -0.2) is 0 Å². The van der Waals surface area contributed by atoms with Gasteiger partial charge in [-0.1, -0.05) is 13.8 Å². The summed E-state index contributed by atoms with van der Waals surface area (Å²) in [4.78, 5) is 6.62. The standard InChI is InChI=1S/C12H21N3O/c1-3-12(4-2)5-6-15(9-12)11-14-10(7-13)8-16-11/h8H,3-7,9,13H2,1-2H3. The van der Waals surface area contributed by atoms with Gasteiger partial charge in [-0.15, -0.1) is 0 Å². The smallest absolute Gasteiger partial charge is 0.297 e. The minimum atomic E-state index is 0.448. The summed E-state index contributed by atoms with van der Waals surface area (Å²) >= 11 is 0. The lowest BCUT2D eigenvalue weighted by Crippen LogP contribution is -2.26. The molecule has 0 atom stereocenters. The van der Waals surface area contributed by atoms with Gasteiger partial charge < -0.3 is 15.1 Å². The highest BCUT2D eigenvalue weighted by Gasteiger charge is 2.36. The van der Waals surface area contributed by atoms with Crippen molar-refractivity contribution >= 4 is 6.01 Å². The van der Waals surface area contributed by atoms with Gasteiger partial charge in [-0.3, -0.25) is 0 Å². The van der Waals surface area contributed by atoms with E-state index in [1.165, 1.54) is 19.3 Å². The number of anilines is 1. The molecule has 2 heterocycles. The molecule has 0 saturated carbocycles. The Bertz CT molecular complexity index is 344. The summed E-state index contributed by atoms with van der Waals surface area (Å²) in [6.45, 7) is 7.10. The second-order valence-corrected chi connectivity index (χ2v) is 4.70. The highest BCUT2D eigenvalue weighted by molar-refractivity contribution is 5.30. The molecule has 1 fully saturated rings. The van der Waals surface area contributed by atoms with E-state index in [0.29, 0.717) is 12.0 Å². The van der Waals surface area contributed by atoms with Crippen LogP contribution in [0, 0.1) is 5.41 Å². The van der Waals surface area contributed by atoms with Gasteiger partial charge in [0.15, 0.2) is 0 Å². The average molecular weight is 223 g/mol. The van der Waals surface area contributed by atoms with E-state index >= 15 is 0 Å². The van der Waals surface area contributed by atoms with Crippen LogP contribution in [0.4, 0.5) is 6.01 Å². The summed E-state index contributed by atoms with van der Waals surface area (Å²) in [5.41, 5.74) is 6.82. The summed E-state index contributed by atoms with van der Waals surface area (Å²) in [5, 5.41) is 0. The molecule has 1 aromatic rings. The molecule has 4 heteroatoms. The fraction of sp³-hybridized carbons (Fsp3) is 0.750. The second kappa shape index (κ2) is 4.45. The lowest BCUT2D eigenvalue weighted by molar-refractivity contribution is 0.300. The monoisotopic (exact) mass is 223 g/mol. The fourth-order valence-corrected chi connectivity index (χ4v) is 2.46. The van der Waals surface area contributed by atoms with Crippen LogP contribution in [0.15, 0.2) is 10.7 Å². The number of hydrogen-bond acceptors (Lipinski definition) is 4. The Labute approximate surface area is 96.8 Å². The van der Waals surface area contributed by atoms with Gasteiger partial charge in [0.25, 0.3) is 6.01 Å². The highest BCUT2D eigenvalue weighted by atomic mass is 16.4. The van der Waals surface area contributed by atoms with E-state index < -0.39 is 0 Å². The zero-order valence-electron chi connectivity index (χ0n) is 10.2. The third kappa shape index (κ3) is 1.94. The third-order valence-corrected chi connectivity index (χ3v) is 3.96. The molecule has 2 N–H and O–H groups in total. The first kappa shape index (κ1) is 11.5.